The fraction of sp³-hybridized carbons (Fsp3) is 0.667. The van der Waals surface area contributed by atoms with E-state index in [4.69, 9.17) is 5.73 Å². The summed E-state index contributed by atoms with van der Waals surface area (Å²) in [4.78, 5) is 21.7. The van der Waals surface area contributed by atoms with Crippen molar-refractivity contribution in [3.63, 3.8) is 0 Å². The van der Waals surface area contributed by atoms with E-state index in [-0.39, 0.29) is 18.3 Å². The van der Waals surface area contributed by atoms with Gasteiger partial charge in [0.1, 0.15) is 0 Å². The number of nitrogens with two attached hydrogens (primary N) is 1. The maximum absolute atomic E-state index is 11.8. The number of amides is 1. The van der Waals surface area contributed by atoms with Crippen molar-refractivity contribution >= 4 is 34.8 Å². The average Bonchev–Trinajstić information content (AvgIpc) is 2.69. The van der Waals surface area contributed by atoms with Gasteiger partial charge in [-0.25, -0.2) is 4.98 Å². The van der Waals surface area contributed by atoms with Crippen molar-refractivity contribution < 1.29 is 4.79 Å². The van der Waals surface area contributed by atoms with Crippen LogP contribution in [-0.2, 0) is 4.79 Å². The zero-order chi connectivity index (χ0) is 13.3. The van der Waals surface area contributed by atoms with Gasteiger partial charge in [-0.1, -0.05) is 0 Å². The first-order chi connectivity index (χ1) is 8.49. The zero-order valence-electron chi connectivity index (χ0n) is 11.5. The molecule has 1 fully saturated rings. The van der Waals surface area contributed by atoms with Gasteiger partial charge < -0.3 is 15.5 Å². The van der Waals surface area contributed by atoms with E-state index in [1.807, 2.05) is 11.8 Å². The molecule has 1 aromatic rings. The summed E-state index contributed by atoms with van der Waals surface area (Å²) in [5.74, 6) is 0.0427. The van der Waals surface area contributed by atoms with Crippen molar-refractivity contribution in [2.75, 3.05) is 31.1 Å². The monoisotopic (exact) mass is 304 g/mol. The highest BCUT2D eigenvalue weighted by Crippen LogP contribution is 2.25. The predicted octanol–water partition coefficient (Wildman–Crippen LogP) is 1.18. The number of halogens is 1. The summed E-state index contributed by atoms with van der Waals surface area (Å²) in [5.41, 5.74) is 6.72. The number of hydrogen-bond donors (Lipinski definition) is 1. The van der Waals surface area contributed by atoms with Gasteiger partial charge in [0, 0.05) is 31.1 Å². The summed E-state index contributed by atoms with van der Waals surface area (Å²) < 4.78 is 0. The van der Waals surface area contributed by atoms with E-state index in [2.05, 4.69) is 16.8 Å². The first-order valence-electron chi connectivity index (χ1n) is 6.22. The van der Waals surface area contributed by atoms with E-state index in [9.17, 15) is 4.79 Å². The summed E-state index contributed by atoms with van der Waals surface area (Å²) in [6.07, 6.45) is 0. The Labute approximate surface area is 124 Å². The molecule has 2 heterocycles. The van der Waals surface area contributed by atoms with Gasteiger partial charge in [-0.15, -0.1) is 23.7 Å². The molecule has 0 aromatic carbocycles. The molecule has 1 aliphatic rings. The van der Waals surface area contributed by atoms with Gasteiger partial charge >= 0.3 is 0 Å². The number of nitrogens with zero attached hydrogens (tertiary/aromatic N) is 3. The number of aryl methyl sites for hydroxylation is 2. The van der Waals surface area contributed by atoms with E-state index in [0.717, 1.165) is 37.0 Å². The summed E-state index contributed by atoms with van der Waals surface area (Å²) >= 11 is 1.72. The topological polar surface area (TPSA) is 62.5 Å². The molecule has 0 radical (unpaired) electrons. The highest BCUT2D eigenvalue weighted by atomic mass is 35.5. The molecule has 5 nitrogen and oxygen atoms in total. The van der Waals surface area contributed by atoms with Crippen molar-refractivity contribution in [1.29, 1.82) is 0 Å². The number of piperazine rings is 1. The van der Waals surface area contributed by atoms with Crippen molar-refractivity contribution in [3.8, 4) is 0 Å². The van der Waals surface area contributed by atoms with Crippen LogP contribution in [0.4, 0.5) is 5.13 Å². The minimum Gasteiger partial charge on any atom is -0.345 e. The Bertz CT molecular complexity index is 421. The Morgan fingerprint density at radius 3 is 2.32 bits per heavy atom. The van der Waals surface area contributed by atoms with E-state index < -0.39 is 6.04 Å². The summed E-state index contributed by atoms with van der Waals surface area (Å²) in [5, 5.41) is 1.07. The number of aromatic nitrogens is 1. The molecule has 1 amide bonds. The Balaban J connectivity index is 0.00000180. The lowest BCUT2D eigenvalue weighted by atomic mass is 10.2. The molecule has 108 valence electrons. The predicted molar refractivity (Wildman–Crippen MR) is 81.3 cm³/mol. The van der Waals surface area contributed by atoms with Crippen LogP contribution in [0.2, 0.25) is 0 Å². The Morgan fingerprint density at radius 2 is 1.89 bits per heavy atom. The summed E-state index contributed by atoms with van der Waals surface area (Å²) in [7, 11) is 0. The second kappa shape index (κ2) is 6.54. The Kier molecular flexibility index (Phi) is 5.58. The van der Waals surface area contributed by atoms with Crippen molar-refractivity contribution in [2.24, 2.45) is 5.73 Å². The molecule has 0 saturated carbocycles. The van der Waals surface area contributed by atoms with Crippen LogP contribution >= 0.6 is 23.7 Å². The molecule has 0 spiro atoms. The van der Waals surface area contributed by atoms with E-state index in [0.29, 0.717) is 0 Å². The molecular weight excluding hydrogens is 284 g/mol. The van der Waals surface area contributed by atoms with Gasteiger partial charge in [-0.2, -0.15) is 0 Å². The third-order valence-corrected chi connectivity index (χ3v) is 4.40. The minimum atomic E-state index is -0.402. The van der Waals surface area contributed by atoms with Gasteiger partial charge in [0.2, 0.25) is 5.91 Å². The van der Waals surface area contributed by atoms with E-state index in [1.165, 1.54) is 4.88 Å². The van der Waals surface area contributed by atoms with E-state index in [1.54, 1.807) is 18.3 Å². The number of rotatable bonds is 2. The molecule has 0 bridgehead atoms. The maximum atomic E-state index is 11.8. The van der Waals surface area contributed by atoms with Crippen LogP contribution in [-0.4, -0.2) is 48.0 Å². The van der Waals surface area contributed by atoms with Gasteiger partial charge in [-0.3, -0.25) is 4.79 Å². The SMILES string of the molecule is Cc1nc(N2CCN(C(=O)C(C)N)CC2)sc1C.Cl. The lowest BCUT2D eigenvalue weighted by molar-refractivity contribution is -0.132. The molecule has 2 N–H and O–H groups in total. The summed E-state index contributed by atoms with van der Waals surface area (Å²) in [6, 6.07) is -0.402. The van der Waals surface area contributed by atoms with Crippen molar-refractivity contribution in [3.05, 3.63) is 10.6 Å². The van der Waals surface area contributed by atoms with Gasteiger partial charge in [0.25, 0.3) is 0 Å². The largest absolute Gasteiger partial charge is 0.345 e. The number of thiazole rings is 1. The second-order valence-electron chi connectivity index (χ2n) is 4.74. The lowest BCUT2D eigenvalue weighted by Crippen LogP contribution is -2.52. The molecule has 2 rings (SSSR count). The Morgan fingerprint density at radius 1 is 1.32 bits per heavy atom. The van der Waals surface area contributed by atoms with Crippen LogP contribution in [0.5, 0.6) is 0 Å². The van der Waals surface area contributed by atoms with Crippen LogP contribution < -0.4 is 10.6 Å². The van der Waals surface area contributed by atoms with Crippen molar-refractivity contribution in [1.82, 2.24) is 9.88 Å². The van der Waals surface area contributed by atoms with Crippen LogP contribution in [0.15, 0.2) is 0 Å². The molecule has 19 heavy (non-hydrogen) atoms. The standard InChI is InChI=1S/C12H20N4OS.ClH/c1-8(13)11(17)15-4-6-16(7-5-15)12-14-9(2)10(3)18-12;/h8H,4-7,13H2,1-3H3;1H. The molecule has 1 atom stereocenters. The van der Waals surface area contributed by atoms with E-state index >= 15 is 0 Å². The highest BCUT2D eigenvalue weighted by molar-refractivity contribution is 7.15. The molecule has 7 heteroatoms. The highest BCUT2D eigenvalue weighted by Gasteiger charge is 2.24. The zero-order valence-corrected chi connectivity index (χ0v) is 13.2. The van der Waals surface area contributed by atoms with Gasteiger partial charge in [0.05, 0.1) is 11.7 Å². The lowest BCUT2D eigenvalue weighted by Gasteiger charge is -2.35. The quantitative estimate of drug-likeness (QED) is 0.891. The third-order valence-electron chi connectivity index (χ3n) is 3.27. The molecule has 1 unspecified atom stereocenters. The minimum absolute atomic E-state index is 0. The first-order valence-corrected chi connectivity index (χ1v) is 7.04. The number of hydrogen-bond acceptors (Lipinski definition) is 5. The van der Waals surface area contributed by atoms with Crippen LogP contribution in [0.25, 0.3) is 0 Å². The smallest absolute Gasteiger partial charge is 0.239 e. The number of anilines is 1. The van der Waals surface area contributed by atoms with Crippen LogP contribution in [0, 0.1) is 13.8 Å². The van der Waals surface area contributed by atoms with Crippen LogP contribution in [0.1, 0.15) is 17.5 Å². The average molecular weight is 305 g/mol. The molecular formula is C12H21ClN4OS. The maximum Gasteiger partial charge on any atom is 0.239 e. The van der Waals surface area contributed by atoms with Crippen molar-refractivity contribution in [2.45, 2.75) is 26.8 Å². The Hall–Kier alpha value is -0.850. The molecule has 0 aliphatic carbocycles. The normalized spacial score (nSPS) is 17.1. The third kappa shape index (κ3) is 3.58. The second-order valence-corrected chi connectivity index (χ2v) is 5.92. The molecule has 1 aromatic heterocycles. The first kappa shape index (κ1) is 16.2. The summed E-state index contributed by atoms with van der Waals surface area (Å²) in [6.45, 7) is 9.01. The van der Waals surface area contributed by atoms with Gasteiger partial charge in [0.15, 0.2) is 5.13 Å². The van der Waals surface area contributed by atoms with Gasteiger partial charge in [-0.05, 0) is 20.8 Å². The fourth-order valence-electron chi connectivity index (χ4n) is 2.00. The van der Waals surface area contributed by atoms with Crippen LogP contribution in [0.3, 0.4) is 0 Å². The molecule has 1 aliphatic heterocycles. The number of carbonyl (C=O) groups is 1. The number of carbonyl (C=O) groups excluding carboxylic acids is 1. The fourth-order valence-corrected chi connectivity index (χ4v) is 2.96. The molecule has 1 saturated heterocycles.